The second-order valence-electron chi connectivity index (χ2n) is 8.33. The van der Waals surface area contributed by atoms with Crippen LogP contribution in [0.15, 0.2) is 42.0 Å². The third kappa shape index (κ3) is 4.20. The van der Waals surface area contributed by atoms with E-state index in [-0.39, 0.29) is 28.0 Å². The molecule has 1 N–H and O–H groups in total. The first kappa shape index (κ1) is 24.0. The van der Waals surface area contributed by atoms with Crippen LogP contribution in [-0.4, -0.2) is 48.6 Å². The van der Waals surface area contributed by atoms with Gasteiger partial charge >= 0.3 is 0 Å². The van der Waals surface area contributed by atoms with Crippen molar-refractivity contribution in [3.63, 3.8) is 0 Å². The molecule has 8 heteroatoms. The number of halogens is 1. The molecule has 2 aliphatic rings. The highest BCUT2D eigenvalue weighted by Crippen LogP contribution is 2.46. The van der Waals surface area contributed by atoms with Crippen LogP contribution in [0.25, 0.3) is 5.76 Å². The summed E-state index contributed by atoms with van der Waals surface area (Å²) >= 11 is 6.40. The Morgan fingerprint density at radius 3 is 2.41 bits per heavy atom. The standard InChI is InChI=1S/C26H28ClNO6/c1-4-34-17-10-11-19(27)18(14-17)24(29)22-23(15-9-12-20(32-2)21(13-15)33-3)28(26(31)25(22)30)16-7-5-6-8-16/h9-14,16,23,29H,4-8H2,1-3H3/b24-22+. The third-order valence-electron chi connectivity index (χ3n) is 6.43. The molecule has 1 amide bonds. The molecule has 1 aliphatic heterocycles. The number of hydrogen-bond donors (Lipinski definition) is 1. The molecule has 34 heavy (non-hydrogen) atoms. The van der Waals surface area contributed by atoms with Gasteiger partial charge in [-0.3, -0.25) is 9.59 Å². The Morgan fingerprint density at radius 1 is 1.06 bits per heavy atom. The minimum absolute atomic E-state index is 0.000307. The van der Waals surface area contributed by atoms with Crippen LogP contribution in [0.2, 0.25) is 5.02 Å². The highest BCUT2D eigenvalue weighted by Gasteiger charge is 2.49. The van der Waals surface area contributed by atoms with Crippen LogP contribution >= 0.6 is 11.6 Å². The van der Waals surface area contributed by atoms with Gasteiger partial charge in [-0.05, 0) is 55.7 Å². The van der Waals surface area contributed by atoms with Crippen molar-refractivity contribution in [1.82, 2.24) is 4.90 Å². The van der Waals surface area contributed by atoms with E-state index in [9.17, 15) is 14.7 Å². The van der Waals surface area contributed by atoms with Crippen LogP contribution in [0.3, 0.4) is 0 Å². The number of benzene rings is 2. The molecule has 1 atom stereocenters. The smallest absolute Gasteiger partial charge is 0.295 e. The molecule has 4 rings (SSSR count). The van der Waals surface area contributed by atoms with Gasteiger partial charge in [-0.15, -0.1) is 0 Å². The monoisotopic (exact) mass is 485 g/mol. The molecular formula is C26H28ClNO6. The van der Waals surface area contributed by atoms with Crippen LogP contribution < -0.4 is 14.2 Å². The van der Waals surface area contributed by atoms with Gasteiger partial charge in [-0.2, -0.15) is 0 Å². The Bertz CT molecular complexity index is 1140. The van der Waals surface area contributed by atoms with Crippen LogP contribution in [0.4, 0.5) is 0 Å². The van der Waals surface area contributed by atoms with E-state index in [1.807, 2.05) is 6.92 Å². The number of nitrogens with zero attached hydrogens (tertiary/aromatic N) is 1. The minimum atomic E-state index is -0.783. The Labute approximate surface area is 203 Å². The summed E-state index contributed by atoms with van der Waals surface area (Å²) < 4.78 is 16.4. The molecule has 1 saturated heterocycles. The molecule has 0 aromatic heterocycles. The Morgan fingerprint density at radius 2 is 1.76 bits per heavy atom. The number of carbonyl (C=O) groups excluding carboxylic acids is 2. The van der Waals surface area contributed by atoms with Crippen LogP contribution in [-0.2, 0) is 9.59 Å². The predicted molar refractivity (Wildman–Crippen MR) is 129 cm³/mol. The van der Waals surface area contributed by atoms with E-state index in [0.717, 1.165) is 25.7 Å². The number of Topliss-reactive ketones (excluding diaryl/α,β-unsaturated/α-hetero) is 1. The van der Waals surface area contributed by atoms with Crippen molar-refractivity contribution in [1.29, 1.82) is 0 Å². The normalized spacial score (nSPS) is 20.1. The van der Waals surface area contributed by atoms with Gasteiger partial charge in [0.2, 0.25) is 0 Å². The first-order valence-corrected chi connectivity index (χ1v) is 11.7. The molecule has 0 radical (unpaired) electrons. The third-order valence-corrected chi connectivity index (χ3v) is 6.76. The van der Waals surface area contributed by atoms with Gasteiger partial charge in [0.05, 0.1) is 37.5 Å². The second-order valence-corrected chi connectivity index (χ2v) is 8.74. The van der Waals surface area contributed by atoms with Crippen molar-refractivity contribution >= 4 is 29.1 Å². The first-order chi connectivity index (χ1) is 16.4. The van der Waals surface area contributed by atoms with Gasteiger partial charge < -0.3 is 24.2 Å². The lowest BCUT2D eigenvalue weighted by molar-refractivity contribution is -0.141. The lowest BCUT2D eigenvalue weighted by Gasteiger charge is -2.31. The molecule has 0 spiro atoms. The molecule has 2 aromatic carbocycles. The summed E-state index contributed by atoms with van der Waals surface area (Å²) in [7, 11) is 3.06. The van der Waals surface area contributed by atoms with Gasteiger partial charge in [-0.1, -0.05) is 30.5 Å². The van der Waals surface area contributed by atoms with Crippen molar-refractivity contribution in [3.8, 4) is 17.2 Å². The number of ketones is 1. The van der Waals surface area contributed by atoms with Crippen LogP contribution in [0.5, 0.6) is 17.2 Å². The quantitative estimate of drug-likeness (QED) is 0.333. The number of hydrogen-bond acceptors (Lipinski definition) is 6. The zero-order valence-corrected chi connectivity index (χ0v) is 20.2. The number of carbonyl (C=O) groups is 2. The number of rotatable bonds is 7. The lowest BCUT2D eigenvalue weighted by atomic mass is 9.94. The molecule has 0 bridgehead atoms. The summed E-state index contributed by atoms with van der Waals surface area (Å²) in [5.41, 5.74) is 0.879. The van der Waals surface area contributed by atoms with E-state index in [1.54, 1.807) is 41.3 Å². The molecule has 2 fully saturated rings. The molecule has 2 aromatic rings. The number of likely N-dealkylation sites (tertiary alicyclic amines) is 1. The van der Waals surface area contributed by atoms with Gasteiger partial charge in [-0.25, -0.2) is 0 Å². The molecular weight excluding hydrogens is 458 g/mol. The largest absolute Gasteiger partial charge is 0.507 e. The zero-order chi connectivity index (χ0) is 24.4. The molecule has 7 nitrogen and oxygen atoms in total. The summed E-state index contributed by atoms with van der Waals surface area (Å²) in [5, 5.41) is 11.6. The maximum absolute atomic E-state index is 13.3. The maximum Gasteiger partial charge on any atom is 0.295 e. The number of amides is 1. The van der Waals surface area contributed by atoms with E-state index in [4.69, 9.17) is 25.8 Å². The zero-order valence-electron chi connectivity index (χ0n) is 19.5. The number of aliphatic hydroxyl groups is 1. The molecule has 1 aliphatic carbocycles. The average Bonchev–Trinajstić information content (AvgIpc) is 3.46. The minimum Gasteiger partial charge on any atom is -0.507 e. The first-order valence-electron chi connectivity index (χ1n) is 11.4. The summed E-state index contributed by atoms with van der Waals surface area (Å²) in [6.45, 7) is 2.28. The predicted octanol–water partition coefficient (Wildman–Crippen LogP) is 5.12. The average molecular weight is 486 g/mol. The molecule has 1 unspecified atom stereocenters. The van der Waals surface area contributed by atoms with Crippen molar-refractivity contribution in [2.45, 2.75) is 44.7 Å². The van der Waals surface area contributed by atoms with Crippen molar-refractivity contribution in [2.24, 2.45) is 0 Å². The fraction of sp³-hybridized carbons (Fsp3) is 0.385. The van der Waals surface area contributed by atoms with E-state index in [2.05, 4.69) is 0 Å². The van der Waals surface area contributed by atoms with Gasteiger partial charge in [0.1, 0.15) is 11.5 Å². The summed E-state index contributed by atoms with van der Waals surface area (Å²) in [6, 6.07) is 9.24. The van der Waals surface area contributed by atoms with Gasteiger partial charge in [0.25, 0.3) is 11.7 Å². The number of methoxy groups -OCH3 is 2. The molecule has 180 valence electrons. The van der Waals surface area contributed by atoms with E-state index < -0.39 is 17.7 Å². The Balaban J connectivity index is 1.92. The Kier molecular flexibility index (Phi) is 7.03. The fourth-order valence-electron chi connectivity index (χ4n) is 4.85. The molecule has 1 saturated carbocycles. The van der Waals surface area contributed by atoms with E-state index >= 15 is 0 Å². The Hall–Kier alpha value is -3.19. The summed E-state index contributed by atoms with van der Waals surface area (Å²) in [5.74, 6) is -0.191. The highest BCUT2D eigenvalue weighted by atomic mass is 35.5. The van der Waals surface area contributed by atoms with Crippen LogP contribution in [0, 0.1) is 0 Å². The van der Waals surface area contributed by atoms with Crippen LogP contribution in [0.1, 0.15) is 49.8 Å². The number of ether oxygens (including phenoxy) is 3. The van der Waals surface area contributed by atoms with Crippen molar-refractivity contribution in [2.75, 3.05) is 20.8 Å². The fourth-order valence-corrected chi connectivity index (χ4v) is 5.05. The van der Waals surface area contributed by atoms with Crippen molar-refractivity contribution < 1.29 is 28.9 Å². The second kappa shape index (κ2) is 9.97. The summed E-state index contributed by atoms with van der Waals surface area (Å²) in [4.78, 5) is 28.2. The lowest BCUT2D eigenvalue weighted by Crippen LogP contribution is -2.37. The van der Waals surface area contributed by atoms with Gasteiger partial charge in [0.15, 0.2) is 11.5 Å². The van der Waals surface area contributed by atoms with E-state index in [1.165, 1.54) is 14.2 Å². The highest BCUT2D eigenvalue weighted by molar-refractivity contribution is 6.47. The van der Waals surface area contributed by atoms with E-state index in [0.29, 0.717) is 29.4 Å². The SMILES string of the molecule is CCOc1ccc(Cl)c(/C(O)=C2\C(=O)C(=O)N(C3CCCC3)C2c2ccc(OC)c(OC)c2)c1. The number of aliphatic hydroxyl groups excluding tert-OH is 1. The maximum atomic E-state index is 13.3. The van der Waals surface area contributed by atoms with Crippen molar-refractivity contribution in [3.05, 3.63) is 58.1 Å². The van der Waals surface area contributed by atoms with Gasteiger partial charge in [0, 0.05) is 11.6 Å². The topological polar surface area (TPSA) is 85.3 Å². The summed E-state index contributed by atoms with van der Waals surface area (Å²) in [6.07, 6.45) is 3.57. The molecule has 1 heterocycles.